The zero-order valence-corrected chi connectivity index (χ0v) is 13.0. The van der Waals surface area contributed by atoms with Crippen molar-refractivity contribution in [2.24, 2.45) is 5.92 Å². The number of nitrogens with zero attached hydrogens (tertiary/aromatic N) is 1. The largest absolute Gasteiger partial charge is 0.465 e. The van der Waals surface area contributed by atoms with Crippen molar-refractivity contribution in [1.82, 2.24) is 4.90 Å². The van der Waals surface area contributed by atoms with Gasteiger partial charge in [0.25, 0.3) is 0 Å². The second-order valence-corrected chi connectivity index (χ2v) is 6.18. The Balaban J connectivity index is 1.74. The minimum atomic E-state index is -0.372. The van der Waals surface area contributed by atoms with Crippen LogP contribution in [0.5, 0.6) is 0 Å². The lowest BCUT2D eigenvalue weighted by molar-refractivity contribution is -0.164. The maximum atomic E-state index is 12.3. The summed E-state index contributed by atoms with van der Waals surface area (Å²) < 4.78 is 5.23. The number of benzene rings is 1. The zero-order valence-electron chi connectivity index (χ0n) is 13.0. The van der Waals surface area contributed by atoms with E-state index in [0.29, 0.717) is 13.0 Å². The highest BCUT2D eigenvalue weighted by Gasteiger charge is 2.50. The Morgan fingerprint density at radius 3 is 2.73 bits per heavy atom. The molecule has 4 heteroatoms. The fourth-order valence-electron chi connectivity index (χ4n) is 3.85. The molecule has 2 heterocycles. The van der Waals surface area contributed by atoms with Crippen LogP contribution in [0.4, 0.5) is 0 Å². The average Bonchev–Trinajstić information content (AvgIpc) is 2.54. The molecule has 0 aromatic heterocycles. The molecule has 3 atom stereocenters. The quantitative estimate of drug-likeness (QED) is 0.782. The van der Waals surface area contributed by atoms with Crippen LogP contribution in [-0.2, 0) is 20.7 Å². The normalized spacial score (nSPS) is 27.9. The Labute approximate surface area is 131 Å². The number of Topliss-reactive ketones (excluding diaryl/α,β-unsaturated/α-hetero) is 1. The summed E-state index contributed by atoms with van der Waals surface area (Å²) in [5.74, 6) is -0.150. The first kappa shape index (κ1) is 15.2. The summed E-state index contributed by atoms with van der Waals surface area (Å²) in [5, 5.41) is 0. The second kappa shape index (κ2) is 6.61. The van der Waals surface area contributed by atoms with E-state index in [1.807, 2.05) is 25.1 Å². The SMILES string of the molecule is CCOC(=O)C1C2CCC(CC2=O)N1CCc1ccccc1. The zero-order chi connectivity index (χ0) is 15.5. The van der Waals surface area contributed by atoms with E-state index in [2.05, 4.69) is 17.0 Å². The first-order valence-corrected chi connectivity index (χ1v) is 8.19. The van der Waals surface area contributed by atoms with Crippen LogP contribution in [0.2, 0.25) is 0 Å². The van der Waals surface area contributed by atoms with Crippen LogP contribution in [0.3, 0.4) is 0 Å². The van der Waals surface area contributed by atoms with Crippen molar-refractivity contribution in [3.05, 3.63) is 35.9 Å². The Morgan fingerprint density at radius 2 is 2.05 bits per heavy atom. The van der Waals surface area contributed by atoms with Crippen molar-refractivity contribution in [2.75, 3.05) is 13.2 Å². The minimum Gasteiger partial charge on any atom is -0.465 e. The van der Waals surface area contributed by atoms with Gasteiger partial charge in [0.1, 0.15) is 11.8 Å². The third kappa shape index (κ3) is 2.93. The highest BCUT2D eigenvalue weighted by molar-refractivity contribution is 5.91. The molecule has 0 spiro atoms. The maximum absolute atomic E-state index is 12.3. The summed E-state index contributed by atoms with van der Waals surface area (Å²) in [6.45, 7) is 2.99. The number of ether oxygens (including phenoxy) is 1. The summed E-state index contributed by atoms with van der Waals surface area (Å²) >= 11 is 0. The maximum Gasteiger partial charge on any atom is 0.324 e. The van der Waals surface area contributed by atoms with Gasteiger partial charge in [-0.25, -0.2) is 0 Å². The van der Waals surface area contributed by atoms with Crippen LogP contribution >= 0.6 is 0 Å². The number of hydrogen-bond donors (Lipinski definition) is 0. The average molecular weight is 301 g/mol. The smallest absolute Gasteiger partial charge is 0.324 e. The number of piperidine rings is 2. The molecule has 1 aromatic carbocycles. The summed E-state index contributed by atoms with van der Waals surface area (Å²) in [4.78, 5) is 26.7. The van der Waals surface area contributed by atoms with Gasteiger partial charge in [-0.05, 0) is 31.7 Å². The molecule has 4 rings (SSSR count). The van der Waals surface area contributed by atoms with Crippen molar-refractivity contribution >= 4 is 11.8 Å². The lowest BCUT2D eigenvalue weighted by Gasteiger charge is -2.49. The molecule has 0 N–H and O–H groups in total. The molecule has 1 aliphatic carbocycles. The van der Waals surface area contributed by atoms with Crippen molar-refractivity contribution in [1.29, 1.82) is 0 Å². The summed E-state index contributed by atoms with van der Waals surface area (Å²) in [7, 11) is 0. The van der Waals surface area contributed by atoms with Gasteiger partial charge in [-0.2, -0.15) is 0 Å². The Kier molecular flexibility index (Phi) is 4.57. The molecular weight excluding hydrogens is 278 g/mol. The Hall–Kier alpha value is -1.68. The third-order valence-electron chi connectivity index (χ3n) is 4.90. The standard InChI is InChI=1S/C18H23NO3/c1-2-22-18(21)17-15-9-8-14(12-16(15)20)19(17)11-10-13-6-4-3-5-7-13/h3-7,14-15,17H,2,8-12H2,1H3. The van der Waals surface area contributed by atoms with Crippen LogP contribution < -0.4 is 0 Å². The number of carbonyl (C=O) groups excluding carboxylic acids is 2. The molecule has 4 nitrogen and oxygen atoms in total. The van der Waals surface area contributed by atoms with Crippen LogP contribution in [0, 0.1) is 5.92 Å². The number of hydrogen-bond acceptors (Lipinski definition) is 4. The van der Waals surface area contributed by atoms with Crippen LogP contribution in [0.15, 0.2) is 30.3 Å². The van der Waals surface area contributed by atoms with Crippen LogP contribution in [0.1, 0.15) is 31.7 Å². The summed E-state index contributed by atoms with van der Waals surface area (Å²) in [6.07, 6.45) is 3.33. The van der Waals surface area contributed by atoms with E-state index in [4.69, 9.17) is 4.74 Å². The predicted molar refractivity (Wildman–Crippen MR) is 83.4 cm³/mol. The topological polar surface area (TPSA) is 46.6 Å². The molecule has 2 aliphatic heterocycles. The first-order valence-electron chi connectivity index (χ1n) is 8.19. The number of fused-ring (bicyclic) bond motifs is 3. The van der Waals surface area contributed by atoms with Gasteiger partial charge in [0, 0.05) is 24.9 Å². The molecule has 0 amide bonds. The van der Waals surface area contributed by atoms with Gasteiger partial charge in [-0.1, -0.05) is 30.3 Å². The number of ketones is 1. The van der Waals surface area contributed by atoms with Crippen molar-refractivity contribution < 1.29 is 14.3 Å². The lowest BCUT2D eigenvalue weighted by Crippen LogP contribution is -2.62. The molecule has 118 valence electrons. The Morgan fingerprint density at radius 1 is 1.27 bits per heavy atom. The molecule has 1 aromatic rings. The van der Waals surface area contributed by atoms with E-state index in [1.54, 1.807) is 0 Å². The van der Waals surface area contributed by atoms with Crippen molar-refractivity contribution in [3.8, 4) is 0 Å². The summed E-state index contributed by atoms with van der Waals surface area (Å²) in [6, 6.07) is 10.1. The predicted octanol–water partition coefficient (Wildman–Crippen LogP) is 2.21. The van der Waals surface area contributed by atoms with Gasteiger partial charge < -0.3 is 4.74 Å². The molecule has 3 unspecified atom stereocenters. The van der Waals surface area contributed by atoms with Crippen LogP contribution in [-0.4, -0.2) is 41.9 Å². The second-order valence-electron chi connectivity index (χ2n) is 6.18. The van der Waals surface area contributed by atoms with E-state index in [0.717, 1.165) is 25.8 Å². The third-order valence-corrected chi connectivity index (χ3v) is 4.90. The van der Waals surface area contributed by atoms with Gasteiger partial charge in [-0.3, -0.25) is 14.5 Å². The number of rotatable bonds is 5. The molecular formula is C18H23NO3. The minimum absolute atomic E-state index is 0.167. The van der Waals surface area contributed by atoms with E-state index in [-0.39, 0.29) is 29.8 Å². The Bertz CT molecular complexity index is 543. The van der Waals surface area contributed by atoms with Crippen molar-refractivity contribution in [3.63, 3.8) is 0 Å². The molecule has 1 saturated carbocycles. The fraction of sp³-hybridized carbons (Fsp3) is 0.556. The van der Waals surface area contributed by atoms with Gasteiger partial charge in [-0.15, -0.1) is 0 Å². The fourth-order valence-corrected chi connectivity index (χ4v) is 3.85. The van der Waals surface area contributed by atoms with Gasteiger partial charge in [0.05, 0.1) is 6.61 Å². The van der Waals surface area contributed by atoms with Crippen molar-refractivity contribution in [2.45, 2.75) is 44.7 Å². The molecule has 2 saturated heterocycles. The van der Waals surface area contributed by atoms with Crippen LogP contribution in [0.25, 0.3) is 0 Å². The van der Waals surface area contributed by atoms with Gasteiger partial charge in [0.15, 0.2) is 0 Å². The molecule has 2 bridgehead atoms. The van der Waals surface area contributed by atoms with E-state index < -0.39 is 0 Å². The first-order chi connectivity index (χ1) is 10.7. The van der Waals surface area contributed by atoms with E-state index >= 15 is 0 Å². The summed E-state index contributed by atoms with van der Waals surface area (Å²) in [5.41, 5.74) is 1.26. The van der Waals surface area contributed by atoms with Gasteiger partial charge in [0.2, 0.25) is 0 Å². The van der Waals surface area contributed by atoms with E-state index in [1.165, 1.54) is 5.56 Å². The molecule has 0 radical (unpaired) electrons. The molecule has 3 fully saturated rings. The monoisotopic (exact) mass is 301 g/mol. The van der Waals surface area contributed by atoms with E-state index in [9.17, 15) is 9.59 Å². The van der Waals surface area contributed by atoms with Gasteiger partial charge >= 0.3 is 5.97 Å². The molecule has 3 aliphatic rings. The highest BCUT2D eigenvalue weighted by atomic mass is 16.5. The lowest BCUT2D eigenvalue weighted by atomic mass is 9.73. The molecule has 22 heavy (non-hydrogen) atoms. The highest BCUT2D eigenvalue weighted by Crippen LogP contribution is 2.38. The number of carbonyl (C=O) groups is 2. The number of esters is 1.